The van der Waals surface area contributed by atoms with Gasteiger partial charge in [-0.1, -0.05) is 17.3 Å². The van der Waals surface area contributed by atoms with Gasteiger partial charge in [-0.15, -0.1) is 11.3 Å². The summed E-state index contributed by atoms with van der Waals surface area (Å²) in [6, 6.07) is 5.72. The summed E-state index contributed by atoms with van der Waals surface area (Å²) in [5, 5.41) is 8.12. The molecule has 3 heterocycles. The van der Waals surface area contributed by atoms with E-state index in [0.29, 0.717) is 11.9 Å². The highest BCUT2D eigenvalue weighted by molar-refractivity contribution is 7.13. The van der Waals surface area contributed by atoms with Gasteiger partial charge in [-0.25, -0.2) is 13.6 Å². The second-order valence-electron chi connectivity index (χ2n) is 6.06. The van der Waals surface area contributed by atoms with E-state index in [1.54, 1.807) is 6.07 Å². The van der Waals surface area contributed by atoms with Gasteiger partial charge < -0.3 is 9.84 Å². The fourth-order valence-corrected chi connectivity index (χ4v) is 3.53. The molecule has 2 aromatic heterocycles. The number of carbonyl (C=O) groups excluding carboxylic acids is 2. The zero-order valence-electron chi connectivity index (χ0n) is 13.9. The first-order valence-electron chi connectivity index (χ1n) is 7.84. The third kappa shape index (κ3) is 2.87. The van der Waals surface area contributed by atoms with Gasteiger partial charge in [-0.05, 0) is 24.4 Å². The summed E-state index contributed by atoms with van der Waals surface area (Å²) in [6.45, 7) is 1.09. The van der Waals surface area contributed by atoms with Crippen LogP contribution in [0.2, 0.25) is 0 Å². The van der Waals surface area contributed by atoms with E-state index in [1.807, 2.05) is 11.4 Å². The summed E-state index contributed by atoms with van der Waals surface area (Å²) in [5.74, 6) is -2.00. The Kier molecular flexibility index (Phi) is 3.99. The van der Waals surface area contributed by atoms with E-state index in [0.717, 1.165) is 21.9 Å². The van der Waals surface area contributed by atoms with E-state index in [-0.39, 0.29) is 18.0 Å². The molecule has 1 aromatic carbocycles. The third-order valence-electron chi connectivity index (χ3n) is 4.25. The number of nitrogens with one attached hydrogen (secondary N) is 1. The largest absolute Gasteiger partial charge is 0.337 e. The number of thiophene rings is 1. The molecule has 0 spiro atoms. The van der Waals surface area contributed by atoms with Crippen molar-refractivity contribution in [3.8, 4) is 10.7 Å². The van der Waals surface area contributed by atoms with E-state index in [2.05, 4.69) is 15.5 Å². The number of urea groups is 1. The quantitative estimate of drug-likeness (QED) is 0.692. The van der Waals surface area contributed by atoms with Crippen molar-refractivity contribution >= 4 is 23.3 Å². The molecule has 0 aliphatic carbocycles. The predicted octanol–water partition coefficient (Wildman–Crippen LogP) is 3.04. The lowest BCUT2D eigenvalue weighted by Gasteiger charge is -2.22. The van der Waals surface area contributed by atoms with Crippen molar-refractivity contribution in [2.24, 2.45) is 0 Å². The van der Waals surface area contributed by atoms with Crippen LogP contribution in [-0.2, 0) is 16.9 Å². The molecule has 1 aliphatic rings. The third-order valence-corrected chi connectivity index (χ3v) is 5.11. The monoisotopic (exact) mass is 390 g/mol. The minimum Gasteiger partial charge on any atom is -0.337 e. The molecule has 0 radical (unpaired) electrons. The van der Waals surface area contributed by atoms with Gasteiger partial charge >= 0.3 is 6.03 Å². The van der Waals surface area contributed by atoms with Crippen LogP contribution < -0.4 is 5.32 Å². The Hall–Kier alpha value is -3.14. The first kappa shape index (κ1) is 17.3. The van der Waals surface area contributed by atoms with Gasteiger partial charge in [-0.2, -0.15) is 4.98 Å². The molecule has 1 saturated heterocycles. The Bertz CT molecular complexity index is 1040. The first-order chi connectivity index (χ1) is 12.9. The van der Waals surface area contributed by atoms with E-state index in [9.17, 15) is 18.4 Å². The number of hydrogen-bond donors (Lipinski definition) is 1. The topological polar surface area (TPSA) is 88.3 Å². The summed E-state index contributed by atoms with van der Waals surface area (Å²) < 4.78 is 32.4. The Labute approximate surface area is 155 Å². The van der Waals surface area contributed by atoms with Crippen LogP contribution in [0, 0.1) is 11.6 Å². The Morgan fingerprint density at radius 2 is 2.11 bits per heavy atom. The summed E-state index contributed by atoms with van der Waals surface area (Å²) in [7, 11) is 0. The minimum absolute atomic E-state index is 0.0609. The molecule has 3 amide bonds. The summed E-state index contributed by atoms with van der Waals surface area (Å²) >= 11 is 1.42. The fourth-order valence-electron chi connectivity index (χ4n) is 2.88. The van der Waals surface area contributed by atoms with Crippen LogP contribution in [0.1, 0.15) is 18.4 Å². The van der Waals surface area contributed by atoms with Crippen molar-refractivity contribution < 1.29 is 22.9 Å². The molecule has 1 atom stereocenters. The van der Waals surface area contributed by atoms with Crippen LogP contribution in [0.15, 0.2) is 40.2 Å². The van der Waals surface area contributed by atoms with Crippen LogP contribution in [0.5, 0.6) is 0 Å². The van der Waals surface area contributed by atoms with E-state index in [4.69, 9.17) is 4.52 Å². The maximum Gasteiger partial charge on any atom is 0.325 e. The van der Waals surface area contributed by atoms with Gasteiger partial charge in [0.1, 0.15) is 23.7 Å². The highest BCUT2D eigenvalue weighted by Gasteiger charge is 2.50. The molecular weight excluding hydrogens is 378 g/mol. The Morgan fingerprint density at radius 1 is 1.30 bits per heavy atom. The molecule has 0 bridgehead atoms. The highest BCUT2D eigenvalue weighted by Crippen LogP contribution is 2.32. The summed E-state index contributed by atoms with van der Waals surface area (Å²) in [4.78, 5) is 30.9. The van der Waals surface area contributed by atoms with Crippen LogP contribution in [-0.4, -0.2) is 27.0 Å². The van der Waals surface area contributed by atoms with Crippen LogP contribution in [0.4, 0.5) is 13.6 Å². The Balaban J connectivity index is 1.60. The van der Waals surface area contributed by atoms with Crippen molar-refractivity contribution in [1.82, 2.24) is 20.4 Å². The fraction of sp³-hybridized carbons (Fsp3) is 0.176. The van der Waals surface area contributed by atoms with E-state index in [1.165, 1.54) is 18.3 Å². The molecule has 0 saturated carbocycles. The van der Waals surface area contributed by atoms with Gasteiger partial charge in [0.15, 0.2) is 0 Å². The SMILES string of the molecule is CC1(c2ccc(F)cc2F)NC(=O)N(Cc2nc(-c3cccs3)no2)C1=O. The standard InChI is InChI=1S/C17H12F2N4O3S/c1-17(10-5-4-9(18)7-11(10)19)15(24)23(16(25)21-17)8-13-20-14(22-26-13)12-3-2-6-27-12/h2-7H,8H2,1H3,(H,21,25). The number of aromatic nitrogens is 2. The average Bonchev–Trinajstić information content (AvgIpc) is 3.33. The number of halogens is 2. The number of imide groups is 1. The second kappa shape index (κ2) is 6.23. The van der Waals surface area contributed by atoms with Gasteiger partial charge in [0, 0.05) is 11.6 Å². The number of amides is 3. The maximum atomic E-state index is 14.2. The van der Waals surface area contributed by atoms with Crippen molar-refractivity contribution in [3.63, 3.8) is 0 Å². The van der Waals surface area contributed by atoms with Gasteiger partial charge in [0.05, 0.1) is 4.88 Å². The van der Waals surface area contributed by atoms with E-state index < -0.39 is 29.1 Å². The van der Waals surface area contributed by atoms with Crippen molar-refractivity contribution in [3.05, 3.63) is 58.8 Å². The van der Waals surface area contributed by atoms with Gasteiger partial charge in [-0.3, -0.25) is 9.69 Å². The highest BCUT2D eigenvalue weighted by atomic mass is 32.1. The van der Waals surface area contributed by atoms with Crippen LogP contribution in [0.3, 0.4) is 0 Å². The van der Waals surface area contributed by atoms with Gasteiger partial charge in [0.25, 0.3) is 5.91 Å². The summed E-state index contributed by atoms with van der Waals surface area (Å²) in [5.41, 5.74) is -1.79. The average molecular weight is 390 g/mol. The number of rotatable bonds is 4. The van der Waals surface area contributed by atoms with Crippen molar-refractivity contribution in [1.29, 1.82) is 0 Å². The smallest absolute Gasteiger partial charge is 0.325 e. The number of benzene rings is 1. The zero-order chi connectivity index (χ0) is 19.2. The molecule has 1 fully saturated rings. The molecule has 4 rings (SSSR count). The second-order valence-corrected chi connectivity index (χ2v) is 7.01. The lowest BCUT2D eigenvalue weighted by atomic mass is 9.91. The van der Waals surface area contributed by atoms with Crippen molar-refractivity contribution in [2.45, 2.75) is 19.0 Å². The number of nitrogens with zero attached hydrogens (tertiary/aromatic N) is 3. The molecule has 27 heavy (non-hydrogen) atoms. The minimum atomic E-state index is -1.66. The van der Waals surface area contributed by atoms with Crippen molar-refractivity contribution in [2.75, 3.05) is 0 Å². The predicted molar refractivity (Wildman–Crippen MR) is 90.4 cm³/mol. The lowest BCUT2D eigenvalue weighted by Crippen LogP contribution is -2.41. The molecule has 7 nitrogen and oxygen atoms in total. The van der Waals surface area contributed by atoms with Gasteiger partial charge in [0.2, 0.25) is 11.7 Å². The zero-order valence-corrected chi connectivity index (χ0v) is 14.7. The molecule has 138 valence electrons. The molecule has 1 unspecified atom stereocenters. The Morgan fingerprint density at radius 3 is 2.81 bits per heavy atom. The molecule has 10 heteroatoms. The van der Waals surface area contributed by atoms with E-state index >= 15 is 0 Å². The van der Waals surface area contributed by atoms with Crippen LogP contribution in [0.25, 0.3) is 10.7 Å². The molecule has 1 aliphatic heterocycles. The number of carbonyl (C=O) groups is 2. The molecular formula is C17H12F2N4O3S. The summed E-state index contributed by atoms with van der Waals surface area (Å²) in [6.07, 6.45) is 0. The normalized spacial score (nSPS) is 19.6. The maximum absolute atomic E-state index is 14.2. The molecule has 3 aromatic rings. The molecule has 1 N–H and O–H groups in total. The number of hydrogen-bond acceptors (Lipinski definition) is 6. The van der Waals surface area contributed by atoms with Crippen LogP contribution >= 0.6 is 11.3 Å². The first-order valence-corrected chi connectivity index (χ1v) is 8.72. The lowest BCUT2D eigenvalue weighted by molar-refractivity contribution is -0.131.